The Hall–Kier alpha value is -3.38. The van der Waals surface area contributed by atoms with Crippen molar-refractivity contribution in [2.45, 2.75) is 25.2 Å². The van der Waals surface area contributed by atoms with Crippen LogP contribution in [0.25, 0.3) is 22.3 Å². The summed E-state index contributed by atoms with van der Waals surface area (Å²) in [5, 5.41) is 3.19. The fourth-order valence-electron chi connectivity index (χ4n) is 5.37. The van der Waals surface area contributed by atoms with Crippen molar-refractivity contribution in [3.05, 3.63) is 89.2 Å². The van der Waals surface area contributed by atoms with Gasteiger partial charge < -0.3 is 14.3 Å². The highest BCUT2D eigenvalue weighted by molar-refractivity contribution is 7.92. The zero-order valence-electron chi connectivity index (χ0n) is 22.9. The maximum Gasteiger partial charge on any atom is 0.255 e. The van der Waals surface area contributed by atoms with Gasteiger partial charge >= 0.3 is 0 Å². The number of nitrogens with zero attached hydrogens (tertiary/aromatic N) is 1. The predicted molar refractivity (Wildman–Crippen MR) is 160 cm³/mol. The maximum atomic E-state index is 13.6. The molecule has 1 unspecified atom stereocenters. The molecule has 0 radical (unpaired) electrons. The molecule has 0 spiro atoms. The van der Waals surface area contributed by atoms with Gasteiger partial charge in [0, 0.05) is 37.2 Å². The third-order valence-corrected chi connectivity index (χ3v) is 9.73. The van der Waals surface area contributed by atoms with Crippen molar-refractivity contribution < 1.29 is 26.6 Å². The average molecular weight is 598 g/mol. The lowest BCUT2D eigenvalue weighted by atomic mass is 9.89. The van der Waals surface area contributed by atoms with Gasteiger partial charge in [0.1, 0.15) is 23.4 Å². The van der Waals surface area contributed by atoms with E-state index >= 15 is 0 Å². The molecule has 5 rings (SSSR count). The first-order chi connectivity index (χ1) is 19.7. The molecule has 3 aromatic carbocycles. The van der Waals surface area contributed by atoms with Gasteiger partial charge in [-0.05, 0) is 66.6 Å². The summed E-state index contributed by atoms with van der Waals surface area (Å²) in [6, 6.07) is 18.7. The summed E-state index contributed by atoms with van der Waals surface area (Å²) >= 11 is -1.42. The highest BCUT2D eigenvalue weighted by Gasteiger charge is 2.32. The van der Waals surface area contributed by atoms with Crippen molar-refractivity contribution in [2.75, 3.05) is 36.9 Å². The molecule has 1 aliphatic rings. The number of carbonyl (C=O) groups is 1. The van der Waals surface area contributed by atoms with E-state index in [1.807, 2.05) is 36.4 Å². The number of nitrogens with one attached hydrogen (secondary N) is 2. The summed E-state index contributed by atoms with van der Waals surface area (Å²) in [7, 11) is -2.00. The van der Waals surface area contributed by atoms with Crippen LogP contribution in [0.2, 0.25) is 0 Å². The molecule has 2 atom stereocenters. The number of rotatable bonds is 9. The van der Waals surface area contributed by atoms with E-state index in [0.29, 0.717) is 47.2 Å². The molecule has 4 aromatic rings. The minimum Gasteiger partial charge on any atom is -0.593 e. The van der Waals surface area contributed by atoms with Gasteiger partial charge in [0.05, 0.1) is 28.4 Å². The lowest BCUT2D eigenvalue weighted by molar-refractivity contribution is 0.0964. The SMILES string of the molecule is CNC(=O)c1c(-c2ccc(F)cc2)oc2cc(N[S+](C)[O-])c([C@@H]3CCCN(S(=O)(=O)CCc4ccccc4)C3)cc12. The summed E-state index contributed by atoms with van der Waals surface area (Å²) in [5.74, 6) is -0.689. The molecule has 1 saturated heterocycles. The number of amides is 1. The number of hydrogen-bond donors (Lipinski definition) is 2. The fourth-order valence-corrected chi connectivity index (χ4v) is 7.42. The molecular weight excluding hydrogens is 565 g/mol. The third kappa shape index (κ3) is 6.43. The van der Waals surface area contributed by atoms with Gasteiger partial charge in [-0.1, -0.05) is 30.3 Å². The van der Waals surface area contributed by atoms with E-state index in [9.17, 15) is 22.2 Å². The van der Waals surface area contributed by atoms with Gasteiger partial charge in [-0.2, -0.15) is 0 Å². The van der Waals surface area contributed by atoms with Crippen LogP contribution in [0.5, 0.6) is 0 Å². The molecular formula is C30H32FN3O5S2. The first-order valence-corrected chi connectivity index (χ1v) is 16.5. The van der Waals surface area contributed by atoms with Crippen molar-refractivity contribution in [2.24, 2.45) is 0 Å². The standard InChI is InChI=1S/C30H32FN3O5S2/c1-32-30(35)28-25-17-24(22-9-6-15-34(19-22)41(37,38)16-14-20-7-4-3-5-8-20)26(33-40(2)36)18-27(25)39-29(28)21-10-12-23(31)13-11-21/h3-5,7-8,10-13,17-18,22,33H,6,9,14-16,19H2,1-2H3,(H,32,35)/t22-,40?/m1/s1. The van der Waals surface area contributed by atoms with Crippen molar-refractivity contribution in [1.82, 2.24) is 9.62 Å². The number of benzene rings is 3. The van der Waals surface area contributed by atoms with E-state index in [2.05, 4.69) is 10.0 Å². The number of halogens is 1. The van der Waals surface area contributed by atoms with Gasteiger partial charge in [-0.15, -0.1) is 0 Å². The Morgan fingerprint density at radius 3 is 2.56 bits per heavy atom. The highest BCUT2D eigenvalue weighted by Crippen LogP contribution is 2.41. The normalized spacial score (nSPS) is 16.9. The van der Waals surface area contributed by atoms with Crippen molar-refractivity contribution in [3.8, 4) is 11.3 Å². The lowest BCUT2D eigenvalue weighted by Crippen LogP contribution is -2.40. The van der Waals surface area contributed by atoms with Crippen molar-refractivity contribution in [3.63, 3.8) is 0 Å². The van der Waals surface area contributed by atoms with E-state index in [0.717, 1.165) is 17.5 Å². The minimum absolute atomic E-state index is 0.0103. The van der Waals surface area contributed by atoms with Gasteiger partial charge in [-0.3, -0.25) is 4.79 Å². The van der Waals surface area contributed by atoms with E-state index in [1.54, 1.807) is 22.5 Å². The summed E-state index contributed by atoms with van der Waals surface area (Å²) in [4.78, 5) is 13.1. The summed E-state index contributed by atoms with van der Waals surface area (Å²) in [6.07, 6.45) is 3.32. The zero-order chi connectivity index (χ0) is 29.1. The second kappa shape index (κ2) is 12.2. The van der Waals surface area contributed by atoms with E-state index < -0.39 is 27.2 Å². The van der Waals surface area contributed by atoms with Crippen LogP contribution in [0.4, 0.5) is 10.1 Å². The number of fused-ring (bicyclic) bond motifs is 1. The molecule has 11 heteroatoms. The van der Waals surface area contributed by atoms with Crippen LogP contribution < -0.4 is 10.0 Å². The number of anilines is 1. The number of carbonyl (C=O) groups excluding carboxylic acids is 1. The second-order valence-corrected chi connectivity index (χ2v) is 13.3. The van der Waals surface area contributed by atoms with Gasteiger partial charge in [0.2, 0.25) is 10.0 Å². The molecule has 8 nitrogen and oxygen atoms in total. The molecule has 0 aliphatic carbocycles. The van der Waals surface area contributed by atoms with E-state index in [1.165, 1.54) is 25.4 Å². The number of sulfonamides is 1. The smallest absolute Gasteiger partial charge is 0.255 e. The van der Waals surface area contributed by atoms with Crippen LogP contribution >= 0.6 is 0 Å². The maximum absolute atomic E-state index is 13.6. The molecule has 1 aromatic heterocycles. The van der Waals surface area contributed by atoms with Crippen LogP contribution in [0, 0.1) is 5.82 Å². The lowest BCUT2D eigenvalue weighted by Gasteiger charge is -2.33. The van der Waals surface area contributed by atoms with Crippen molar-refractivity contribution in [1.29, 1.82) is 0 Å². The predicted octanol–water partition coefficient (Wildman–Crippen LogP) is 5.06. The van der Waals surface area contributed by atoms with Gasteiger partial charge in [0.25, 0.3) is 5.91 Å². The Labute approximate surface area is 242 Å². The Morgan fingerprint density at radius 1 is 1.15 bits per heavy atom. The van der Waals surface area contributed by atoms with Gasteiger partial charge in [0.15, 0.2) is 0 Å². The third-order valence-electron chi connectivity index (χ3n) is 7.38. The van der Waals surface area contributed by atoms with Crippen LogP contribution in [-0.4, -0.2) is 55.3 Å². The molecule has 1 amide bonds. The van der Waals surface area contributed by atoms with Crippen molar-refractivity contribution >= 4 is 43.9 Å². The van der Waals surface area contributed by atoms with E-state index in [4.69, 9.17) is 4.42 Å². The summed E-state index contributed by atoms with van der Waals surface area (Å²) < 4.78 is 63.2. The Kier molecular flexibility index (Phi) is 8.69. The number of piperidine rings is 1. The summed E-state index contributed by atoms with van der Waals surface area (Å²) in [6.45, 7) is 0.702. The van der Waals surface area contributed by atoms with E-state index in [-0.39, 0.29) is 29.9 Å². The molecule has 2 heterocycles. The number of aryl methyl sites for hydroxylation is 1. The van der Waals surface area contributed by atoms with Crippen LogP contribution in [0.3, 0.4) is 0 Å². The Morgan fingerprint density at radius 2 is 1.88 bits per heavy atom. The molecule has 0 bridgehead atoms. The van der Waals surface area contributed by atoms with Crippen LogP contribution in [0.1, 0.15) is 40.2 Å². The average Bonchev–Trinajstić information content (AvgIpc) is 3.34. The fraction of sp³-hybridized carbons (Fsp3) is 0.300. The zero-order valence-corrected chi connectivity index (χ0v) is 24.5. The largest absolute Gasteiger partial charge is 0.593 e. The summed E-state index contributed by atoms with van der Waals surface area (Å²) in [5.41, 5.74) is 3.49. The van der Waals surface area contributed by atoms with Crippen LogP contribution in [-0.2, 0) is 27.8 Å². The molecule has 2 N–H and O–H groups in total. The quantitative estimate of drug-likeness (QED) is 0.261. The number of hydrogen-bond acceptors (Lipinski definition) is 6. The Balaban J connectivity index is 1.53. The first kappa shape index (κ1) is 29.1. The highest BCUT2D eigenvalue weighted by atomic mass is 32.2. The monoisotopic (exact) mass is 597 g/mol. The molecule has 216 valence electrons. The topological polar surface area (TPSA) is 115 Å². The molecule has 1 aliphatic heterocycles. The number of furan rings is 1. The molecule has 1 fully saturated rings. The second-order valence-electron chi connectivity index (χ2n) is 10.1. The molecule has 0 saturated carbocycles. The van der Waals surface area contributed by atoms with Crippen LogP contribution in [0.15, 0.2) is 71.1 Å². The Bertz CT molecular complexity index is 1640. The minimum atomic E-state index is -3.52. The first-order valence-electron chi connectivity index (χ1n) is 13.4. The molecule has 41 heavy (non-hydrogen) atoms. The van der Waals surface area contributed by atoms with Gasteiger partial charge in [-0.25, -0.2) is 21.8 Å².